The van der Waals surface area contributed by atoms with Crippen molar-refractivity contribution in [2.24, 2.45) is 5.92 Å². The lowest BCUT2D eigenvalue weighted by Crippen LogP contribution is -2.42. The van der Waals surface area contributed by atoms with Gasteiger partial charge >= 0.3 is 0 Å². The van der Waals surface area contributed by atoms with Crippen LogP contribution in [0.15, 0.2) is 23.1 Å². The number of hydrogen-bond donors (Lipinski definition) is 1. The number of nitrogens with one attached hydrogen (secondary N) is 1. The second-order valence-electron chi connectivity index (χ2n) is 7.29. The van der Waals surface area contributed by atoms with Crippen molar-refractivity contribution in [3.8, 4) is 0 Å². The van der Waals surface area contributed by atoms with Crippen LogP contribution in [0.4, 0.5) is 5.69 Å². The molecular weight excluding hydrogens is 382 g/mol. The maximum Gasteiger partial charge on any atom is 0.243 e. The minimum Gasteiger partial charge on any atom is -0.379 e. The second kappa shape index (κ2) is 8.59. The van der Waals surface area contributed by atoms with Crippen LogP contribution in [0, 0.1) is 12.8 Å². The number of piperidine rings is 1. The molecule has 8 nitrogen and oxygen atoms in total. The maximum absolute atomic E-state index is 13.0. The van der Waals surface area contributed by atoms with Gasteiger partial charge in [0.05, 0.1) is 24.0 Å². The number of sulfonamides is 1. The van der Waals surface area contributed by atoms with Crippen molar-refractivity contribution in [3.63, 3.8) is 0 Å². The number of amides is 2. The van der Waals surface area contributed by atoms with Gasteiger partial charge in [-0.15, -0.1) is 0 Å². The van der Waals surface area contributed by atoms with E-state index < -0.39 is 10.0 Å². The molecule has 3 rings (SSSR count). The number of carbonyl (C=O) groups is 2. The molecule has 2 fully saturated rings. The van der Waals surface area contributed by atoms with Crippen molar-refractivity contribution in [2.45, 2.75) is 31.6 Å². The Morgan fingerprint density at radius 1 is 1.18 bits per heavy atom. The number of hydrogen-bond acceptors (Lipinski definition) is 5. The van der Waals surface area contributed by atoms with Crippen molar-refractivity contribution in [2.75, 3.05) is 44.7 Å². The molecule has 2 aliphatic rings. The van der Waals surface area contributed by atoms with Crippen LogP contribution in [0.3, 0.4) is 0 Å². The van der Waals surface area contributed by atoms with E-state index in [1.165, 1.54) is 17.3 Å². The van der Waals surface area contributed by atoms with Gasteiger partial charge in [0.2, 0.25) is 21.8 Å². The summed E-state index contributed by atoms with van der Waals surface area (Å²) >= 11 is 0. The highest BCUT2D eigenvalue weighted by atomic mass is 32.2. The molecule has 154 valence electrons. The third-order valence-electron chi connectivity index (χ3n) is 5.28. The third-order valence-corrected chi connectivity index (χ3v) is 7.32. The van der Waals surface area contributed by atoms with E-state index in [2.05, 4.69) is 5.32 Å². The van der Waals surface area contributed by atoms with Crippen LogP contribution in [0.2, 0.25) is 0 Å². The highest BCUT2D eigenvalue weighted by Crippen LogP contribution is 2.25. The smallest absolute Gasteiger partial charge is 0.243 e. The molecule has 0 spiro atoms. The number of morpholine rings is 1. The number of ether oxygens (including phenoxy) is 1. The van der Waals surface area contributed by atoms with E-state index in [0.29, 0.717) is 57.1 Å². The lowest BCUT2D eigenvalue weighted by atomic mass is 9.97. The zero-order valence-electron chi connectivity index (χ0n) is 16.3. The lowest BCUT2D eigenvalue weighted by molar-refractivity contribution is -0.132. The number of benzene rings is 1. The monoisotopic (exact) mass is 409 g/mol. The molecule has 28 heavy (non-hydrogen) atoms. The van der Waals surface area contributed by atoms with Crippen LogP contribution in [0.1, 0.15) is 25.3 Å². The molecule has 2 saturated heterocycles. The Bertz CT molecular complexity index is 849. The lowest BCUT2D eigenvalue weighted by Gasteiger charge is -2.31. The average molecular weight is 410 g/mol. The molecule has 1 atom stereocenters. The summed E-state index contributed by atoms with van der Waals surface area (Å²) in [5, 5.41) is 2.83. The standard InChI is InChI=1S/C19H27N3O5S/c1-14-5-6-17(12-18(14)28(25,26)22-8-10-27-11-9-22)20-19(24)16-4-3-7-21(13-16)15(2)23/h5-6,12,16H,3-4,7-11,13H2,1-2H3,(H,20,24)/t16-/m1/s1. The zero-order valence-corrected chi connectivity index (χ0v) is 17.1. The molecule has 0 radical (unpaired) electrons. The predicted octanol–water partition coefficient (Wildman–Crippen LogP) is 1.21. The maximum atomic E-state index is 13.0. The Morgan fingerprint density at radius 3 is 2.57 bits per heavy atom. The second-order valence-corrected chi connectivity index (χ2v) is 9.20. The van der Waals surface area contributed by atoms with Crippen molar-refractivity contribution >= 4 is 27.5 Å². The molecule has 0 bridgehead atoms. The molecule has 1 aromatic rings. The Balaban J connectivity index is 1.76. The largest absolute Gasteiger partial charge is 0.379 e. The van der Waals surface area contributed by atoms with Gasteiger partial charge in [0.1, 0.15) is 0 Å². The molecule has 2 amide bonds. The summed E-state index contributed by atoms with van der Waals surface area (Å²) in [6.45, 7) is 5.71. The van der Waals surface area contributed by atoms with Crippen molar-refractivity contribution in [1.29, 1.82) is 0 Å². The Kier molecular flexibility index (Phi) is 6.36. The molecular formula is C19H27N3O5S. The highest BCUT2D eigenvalue weighted by molar-refractivity contribution is 7.89. The zero-order chi connectivity index (χ0) is 20.3. The molecule has 9 heteroatoms. The first-order valence-electron chi connectivity index (χ1n) is 9.54. The number of carbonyl (C=O) groups excluding carboxylic acids is 2. The number of rotatable bonds is 4. The minimum atomic E-state index is -3.65. The minimum absolute atomic E-state index is 0.0354. The van der Waals surface area contributed by atoms with E-state index >= 15 is 0 Å². The van der Waals surface area contributed by atoms with E-state index in [9.17, 15) is 18.0 Å². The van der Waals surface area contributed by atoms with Gasteiger partial charge in [-0.05, 0) is 37.5 Å². The fourth-order valence-corrected chi connectivity index (χ4v) is 5.26. The van der Waals surface area contributed by atoms with Gasteiger partial charge in [0, 0.05) is 38.8 Å². The SMILES string of the molecule is CC(=O)N1CCC[C@@H](C(=O)Nc2ccc(C)c(S(=O)(=O)N3CCOCC3)c2)C1. The molecule has 0 aliphatic carbocycles. The molecule has 0 unspecified atom stereocenters. The Labute approximate surface area is 165 Å². The fraction of sp³-hybridized carbons (Fsp3) is 0.579. The number of aryl methyl sites for hydroxylation is 1. The summed E-state index contributed by atoms with van der Waals surface area (Å²) in [7, 11) is -3.65. The van der Waals surface area contributed by atoms with Crippen molar-refractivity contribution in [3.05, 3.63) is 23.8 Å². The van der Waals surface area contributed by atoms with E-state index in [1.54, 1.807) is 24.0 Å². The number of likely N-dealkylation sites (tertiary alicyclic amines) is 1. The van der Waals surface area contributed by atoms with Crippen LogP contribution in [0.5, 0.6) is 0 Å². The van der Waals surface area contributed by atoms with E-state index in [1.807, 2.05) is 0 Å². The first-order chi connectivity index (χ1) is 13.3. The predicted molar refractivity (Wildman–Crippen MR) is 104 cm³/mol. The summed E-state index contributed by atoms with van der Waals surface area (Å²) in [6.07, 6.45) is 1.49. The summed E-state index contributed by atoms with van der Waals surface area (Å²) in [4.78, 5) is 26.1. The normalized spacial score (nSPS) is 21.4. The van der Waals surface area contributed by atoms with Gasteiger partial charge in [-0.25, -0.2) is 8.42 Å². The number of nitrogens with zero attached hydrogens (tertiary/aromatic N) is 2. The highest BCUT2D eigenvalue weighted by Gasteiger charge is 2.29. The van der Waals surface area contributed by atoms with Gasteiger partial charge in [-0.2, -0.15) is 4.31 Å². The van der Waals surface area contributed by atoms with Crippen LogP contribution in [-0.4, -0.2) is 68.8 Å². The topological polar surface area (TPSA) is 96.0 Å². The van der Waals surface area contributed by atoms with Crippen LogP contribution in [0.25, 0.3) is 0 Å². The van der Waals surface area contributed by atoms with E-state index in [0.717, 1.165) is 6.42 Å². The molecule has 1 aromatic carbocycles. The van der Waals surface area contributed by atoms with Crippen molar-refractivity contribution < 1.29 is 22.7 Å². The molecule has 2 aliphatic heterocycles. The quantitative estimate of drug-likeness (QED) is 0.807. The first-order valence-corrected chi connectivity index (χ1v) is 11.0. The average Bonchev–Trinajstić information content (AvgIpc) is 2.70. The van der Waals surface area contributed by atoms with Gasteiger partial charge in [-0.3, -0.25) is 9.59 Å². The van der Waals surface area contributed by atoms with Crippen molar-refractivity contribution in [1.82, 2.24) is 9.21 Å². The molecule has 0 saturated carbocycles. The van der Waals surface area contributed by atoms with Gasteiger partial charge in [0.25, 0.3) is 0 Å². The van der Waals surface area contributed by atoms with Crippen LogP contribution < -0.4 is 5.32 Å². The van der Waals surface area contributed by atoms with Crippen LogP contribution in [-0.2, 0) is 24.3 Å². The molecule has 2 heterocycles. The van der Waals surface area contributed by atoms with Gasteiger partial charge < -0.3 is 15.0 Å². The summed E-state index contributed by atoms with van der Waals surface area (Å²) in [5.41, 5.74) is 1.08. The van der Waals surface area contributed by atoms with Gasteiger partial charge in [0.15, 0.2) is 0 Å². The van der Waals surface area contributed by atoms with Gasteiger partial charge in [-0.1, -0.05) is 6.07 Å². The summed E-state index contributed by atoms with van der Waals surface area (Å²) in [5.74, 6) is -0.519. The molecule has 0 aromatic heterocycles. The van der Waals surface area contributed by atoms with E-state index in [4.69, 9.17) is 4.74 Å². The summed E-state index contributed by atoms with van der Waals surface area (Å²) < 4.78 is 32.6. The first kappa shape index (κ1) is 20.8. The number of anilines is 1. The van der Waals surface area contributed by atoms with Crippen LogP contribution >= 0.6 is 0 Å². The fourth-order valence-electron chi connectivity index (χ4n) is 3.60. The third kappa shape index (κ3) is 4.53. The summed E-state index contributed by atoms with van der Waals surface area (Å²) in [6, 6.07) is 4.92. The van der Waals surface area contributed by atoms with E-state index in [-0.39, 0.29) is 22.6 Å². The Morgan fingerprint density at radius 2 is 1.89 bits per heavy atom. The molecule has 1 N–H and O–H groups in total. The Hall–Kier alpha value is -1.97.